The normalized spacial score (nSPS) is 17.0. The van der Waals surface area contributed by atoms with Gasteiger partial charge in [0.15, 0.2) is 28.7 Å². The van der Waals surface area contributed by atoms with Crippen molar-refractivity contribution in [3.63, 3.8) is 0 Å². The van der Waals surface area contributed by atoms with Crippen LogP contribution in [0.1, 0.15) is 57.1 Å². The van der Waals surface area contributed by atoms with Crippen molar-refractivity contribution in [3.8, 4) is 23.0 Å². The lowest BCUT2D eigenvalue weighted by molar-refractivity contribution is -0.439. The summed E-state index contributed by atoms with van der Waals surface area (Å²) in [4.78, 5) is 13.6. The van der Waals surface area contributed by atoms with E-state index >= 15 is 0 Å². The third-order valence-electron chi connectivity index (χ3n) is 9.28. The van der Waals surface area contributed by atoms with Crippen LogP contribution in [0.3, 0.4) is 0 Å². The third kappa shape index (κ3) is 5.30. The molecule has 0 fully saturated rings. The summed E-state index contributed by atoms with van der Waals surface area (Å²) in [5.74, 6) is 2.48. The fraction of sp³-hybridized carbons (Fsp3) is 0.256. The molecule has 0 saturated carbocycles. The van der Waals surface area contributed by atoms with Crippen molar-refractivity contribution in [2.45, 2.75) is 72.8 Å². The van der Waals surface area contributed by atoms with Crippen LogP contribution in [0.2, 0.25) is 10.0 Å². The van der Waals surface area contributed by atoms with E-state index in [1.807, 2.05) is 11.8 Å². The minimum absolute atomic E-state index is 0.250. The van der Waals surface area contributed by atoms with E-state index in [0.29, 0.717) is 55.4 Å². The zero-order valence-electron chi connectivity index (χ0n) is 27.1. The van der Waals surface area contributed by atoms with Gasteiger partial charge >= 0.3 is 0 Å². The summed E-state index contributed by atoms with van der Waals surface area (Å²) in [5.41, 5.74) is 6.31. The molecule has 4 aliphatic rings. The minimum Gasteiger partial charge on any atom is -0.451 e. The van der Waals surface area contributed by atoms with Gasteiger partial charge in [-0.25, -0.2) is 9.98 Å². The Labute approximate surface area is 299 Å². The van der Waals surface area contributed by atoms with Crippen molar-refractivity contribution in [1.82, 2.24) is 0 Å². The maximum atomic E-state index is 7.12. The number of nitrogens with zero attached hydrogens (tertiary/aromatic N) is 3. The highest BCUT2D eigenvalue weighted by molar-refractivity contribution is 8.01. The topological polar surface area (TPSA) is 46.2 Å². The molecule has 0 saturated heterocycles. The minimum atomic E-state index is 0.250. The van der Waals surface area contributed by atoms with Gasteiger partial charge in [0.2, 0.25) is 5.69 Å². The second-order valence-electron chi connectivity index (χ2n) is 12.3. The van der Waals surface area contributed by atoms with Gasteiger partial charge in [0.25, 0.3) is 0 Å². The number of thioether (sulfide) groups is 1. The first-order valence-corrected chi connectivity index (χ1v) is 18.9. The second kappa shape index (κ2) is 12.8. The second-order valence-corrected chi connectivity index (χ2v) is 15.3. The molecule has 9 heteroatoms. The lowest BCUT2D eigenvalue weighted by atomic mass is 9.91. The summed E-state index contributed by atoms with van der Waals surface area (Å²) in [6.45, 7) is 9.64. The molecule has 0 N–H and O–H groups in total. The molecule has 3 heterocycles. The van der Waals surface area contributed by atoms with Crippen molar-refractivity contribution < 1.29 is 14.0 Å². The van der Waals surface area contributed by atoms with Crippen LogP contribution in [0.4, 0.5) is 17.1 Å². The molecule has 0 aromatic heterocycles. The van der Waals surface area contributed by atoms with E-state index in [9.17, 15) is 0 Å². The Hall–Kier alpha value is -3.49. The average Bonchev–Trinajstić information content (AvgIpc) is 3.10. The maximum Gasteiger partial charge on any atom is 0.221 e. The van der Waals surface area contributed by atoms with Crippen LogP contribution in [-0.4, -0.2) is 22.1 Å². The highest BCUT2D eigenvalue weighted by Gasteiger charge is 2.35. The summed E-state index contributed by atoms with van der Waals surface area (Å²) in [6, 6.07) is 16.9. The summed E-state index contributed by atoms with van der Waals surface area (Å²) >= 11 is 17.8. The zero-order chi connectivity index (χ0) is 33.1. The molecule has 242 valence electrons. The van der Waals surface area contributed by atoms with E-state index in [2.05, 4.69) is 105 Å². The molecule has 4 aromatic rings. The van der Waals surface area contributed by atoms with E-state index in [1.54, 1.807) is 11.8 Å². The molecule has 5 nitrogen and oxygen atoms in total. The molecule has 0 radical (unpaired) electrons. The molecule has 2 atom stereocenters. The number of benzene rings is 4. The van der Waals surface area contributed by atoms with Gasteiger partial charge in [-0.2, -0.15) is 4.58 Å². The Morgan fingerprint density at radius 2 is 1.60 bits per heavy atom. The van der Waals surface area contributed by atoms with Gasteiger partial charge in [0.05, 0.1) is 4.90 Å². The van der Waals surface area contributed by atoms with Gasteiger partial charge in [-0.3, -0.25) is 0 Å². The molecule has 0 bridgehead atoms. The van der Waals surface area contributed by atoms with E-state index < -0.39 is 0 Å². The van der Waals surface area contributed by atoms with Crippen LogP contribution in [0.15, 0.2) is 97.5 Å². The van der Waals surface area contributed by atoms with E-state index in [1.165, 1.54) is 21.7 Å². The highest BCUT2D eigenvalue weighted by atomic mass is 35.5. The summed E-state index contributed by atoms with van der Waals surface area (Å²) < 4.78 is 15.5. The van der Waals surface area contributed by atoms with Crippen molar-refractivity contribution in [2.75, 3.05) is 6.54 Å². The van der Waals surface area contributed by atoms with Crippen LogP contribution in [-0.2, 0) is 0 Å². The average molecular weight is 712 g/mol. The van der Waals surface area contributed by atoms with Gasteiger partial charge < -0.3 is 9.47 Å². The first-order chi connectivity index (χ1) is 23.4. The van der Waals surface area contributed by atoms with Gasteiger partial charge in [0, 0.05) is 28.0 Å². The van der Waals surface area contributed by atoms with Crippen LogP contribution >= 0.6 is 46.7 Å². The van der Waals surface area contributed by atoms with Crippen LogP contribution in [0, 0.1) is 6.92 Å². The quantitative estimate of drug-likeness (QED) is 0.155. The standard InChI is InChI=1S/C39H34Cl2N3O2S2/c1-5-12-22(6-2)23-17-24-28(19-32(23)47-30-15-10-8-13-21(30)4)45-38-35(41)37-39(34(40)36(38)42-24)46-29-20-33-27(18-25(29)43-37)44(7-3)26-14-9-11-16-31(26)48-33/h8-11,13-20,22,31H,5-7,12H2,1-4H3/q+1. The Morgan fingerprint density at radius 1 is 0.896 bits per heavy atom. The Morgan fingerprint density at radius 3 is 2.29 bits per heavy atom. The van der Waals surface area contributed by atoms with Crippen molar-refractivity contribution in [1.29, 1.82) is 0 Å². The number of allylic oxidation sites excluding steroid dienone is 3. The molecule has 4 aromatic carbocycles. The Kier molecular flexibility index (Phi) is 8.44. The predicted octanol–water partition coefficient (Wildman–Crippen LogP) is 11.6. The van der Waals surface area contributed by atoms with Gasteiger partial charge in [-0.05, 0) is 61.9 Å². The molecule has 2 unspecified atom stereocenters. The highest BCUT2D eigenvalue weighted by Crippen LogP contribution is 2.50. The molecule has 3 aliphatic heterocycles. The molecule has 48 heavy (non-hydrogen) atoms. The zero-order valence-corrected chi connectivity index (χ0v) is 30.3. The number of halogens is 2. The number of hydrogen-bond donors (Lipinski definition) is 0. The third-order valence-corrected chi connectivity index (χ3v) is 12.5. The van der Waals surface area contributed by atoms with E-state index in [4.69, 9.17) is 42.7 Å². The van der Waals surface area contributed by atoms with Crippen molar-refractivity contribution in [3.05, 3.63) is 105 Å². The predicted molar refractivity (Wildman–Crippen MR) is 198 cm³/mol. The molecule has 8 rings (SSSR count). The van der Waals surface area contributed by atoms with Crippen LogP contribution in [0.25, 0.3) is 0 Å². The molecule has 0 spiro atoms. The first kappa shape index (κ1) is 31.8. The monoisotopic (exact) mass is 710 g/mol. The fourth-order valence-electron chi connectivity index (χ4n) is 6.83. The Bertz CT molecular complexity index is 2250. The summed E-state index contributed by atoms with van der Waals surface area (Å²) in [5, 5.41) is 1.82. The van der Waals surface area contributed by atoms with Crippen LogP contribution < -0.4 is 20.2 Å². The largest absolute Gasteiger partial charge is 0.451 e. The summed E-state index contributed by atoms with van der Waals surface area (Å²) in [6.07, 6.45) is 11.8. The lowest BCUT2D eigenvalue weighted by Gasteiger charge is -2.25. The molecule has 1 aliphatic carbocycles. The van der Waals surface area contributed by atoms with Crippen LogP contribution in [0.5, 0.6) is 23.0 Å². The Balaban J connectivity index is 1.26. The van der Waals surface area contributed by atoms with E-state index in [-0.39, 0.29) is 5.25 Å². The number of ether oxygens (including phenoxy) is 2. The molecular weight excluding hydrogens is 677 g/mol. The number of aryl methyl sites for hydroxylation is 1. The smallest absolute Gasteiger partial charge is 0.221 e. The number of fused-ring (bicyclic) bond motifs is 6. The van der Waals surface area contributed by atoms with Crippen molar-refractivity contribution in [2.24, 2.45) is 9.98 Å². The van der Waals surface area contributed by atoms with Gasteiger partial charge in [0.1, 0.15) is 43.9 Å². The number of hydrogen-bond acceptors (Lipinski definition) is 6. The molecule has 0 amide bonds. The first-order valence-electron chi connectivity index (χ1n) is 16.5. The maximum absolute atomic E-state index is 7.12. The summed E-state index contributed by atoms with van der Waals surface area (Å²) in [7, 11) is 0. The molecular formula is C39H34Cl2N3O2S2+. The van der Waals surface area contributed by atoms with Gasteiger partial charge in [-0.1, -0.05) is 91.7 Å². The lowest BCUT2D eigenvalue weighted by Crippen LogP contribution is -2.29. The SMILES string of the molecule is CCCC(CC)c1cc2c(cc1Sc1ccccc1C)Oc1c(Cl)c3c(c(Cl)c1=N2)Oc1cc2c(cc1N=3)[N+](CC)=C1C=CC=CC1S2. The van der Waals surface area contributed by atoms with Crippen molar-refractivity contribution >= 4 is 69.5 Å². The van der Waals surface area contributed by atoms with E-state index in [0.717, 1.165) is 47.0 Å². The van der Waals surface area contributed by atoms with Gasteiger partial charge in [-0.15, -0.1) is 11.8 Å². The number of rotatable bonds is 7. The fourth-order valence-corrected chi connectivity index (χ4v) is 9.70.